The number of carboxylic acid groups (broad SMARTS) is 1. The number of alkyl halides is 3. The number of aliphatic carboxylic acids is 1. The van der Waals surface area contributed by atoms with Gasteiger partial charge < -0.3 is 15.7 Å². The van der Waals surface area contributed by atoms with Gasteiger partial charge in [0.2, 0.25) is 0 Å². The molecular weight excluding hydrogens is 289 g/mol. The minimum atomic E-state index is -4.16. The lowest BCUT2D eigenvalue weighted by Gasteiger charge is -2.27. The SMILES string of the molecule is O=C(NCCCCC(F)(F)F)NC1CCCC(C(=O)O)C1. The highest BCUT2D eigenvalue weighted by molar-refractivity contribution is 5.74. The van der Waals surface area contributed by atoms with Crippen molar-refractivity contribution in [1.82, 2.24) is 10.6 Å². The van der Waals surface area contributed by atoms with Crippen molar-refractivity contribution in [3.05, 3.63) is 0 Å². The molecule has 3 N–H and O–H groups in total. The fraction of sp³-hybridized carbons (Fsp3) is 0.846. The van der Waals surface area contributed by atoms with Gasteiger partial charge >= 0.3 is 18.2 Å². The Kier molecular flexibility index (Phi) is 6.77. The van der Waals surface area contributed by atoms with Gasteiger partial charge in [-0.05, 0) is 32.1 Å². The fourth-order valence-corrected chi connectivity index (χ4v) is 2.43. The summed E-state index contributed by atoms with van der Waals surface area (Å²) in [6.45, 7) is 0.178. The summed E-state index contributed by atoms with van der Waals surface area (Å²) >= 11 is 0. The van der Waals surface area contributed by atoms with Crippen LogP contribution in [0.4, 0.5) is 18.0 Å². The molecule has 1 fully saturated rings. The van der Waals surface area contributed by atoms with Crippen LogP contribution in [0.5, 0.6) is 0 Å². The van der Waals surface area contributed by atoms with E-state index in [0.29, 0.717) is 12.8 Å². The largest absolute Gasteiger partial charge is 0.481 e. The molecule has 2 unspecified atom stereocenters. The minimum Gasteiger partial charge on any atom is -0.481 e. The lowest BCUT2D eigenvalue weighted by molar-refractivity contribution is -0.143. The van der Waals surface area contributed by atoms with Gasteiger partial charge in [-0.25, -0.2) is 4.79 Å². The van der Waals surface area contributed by atoms with E-state index in [1.54, 1.807) is 0 Å². The van der Waals surface area contributed by atoms with Gasteiger partial charge in [0, 0.05) is 19.0 Å². The third-order valence-corrected chi connectivity index (χ3v) is 3.53. The molecule has 0 aromatic heterocycles. The van der Waals surface area contributed by atoms with Gasteiger partial charge in [-0.15, -0.1) is 0 Å². The number of hydrogen-bond donors (Lipinski definition) is 3. The van der Waals surface area contributed by atoms with Crippen LogP contribution in [0.15, 0.2) is 0 Å². The van der Waals surface area contributed by atoms with Crippen LogP contribution >= 0.6 is 0 Å². The van der Waals surface area contributed by atoms with Gasteiger partial charge in [0.15, 0.2) is 0 Å². The van der Waals surface area contributed by atoms with E-state index in [9.17, 15) is 22.8 Å². The van der Waals surface area contributed by atoms with Crippen LogP contribution in [0, 0.1) is 5.92 Å². The first-order valence-electron chi connectivity index (χ1n) is 7.12. The van der Waals surface area contributed by atoms with E-state index >= 15 is 0 Å². The highest BCUT2D eigenvalue weighted by Gasteiger charge is 2.28. The normalized spacial score (nSPS) is 22.6. The molecule has 1 aliphatic rings. The third kappa shape index (κ3) is 7.77. The summed E-state index contributed by atoms with van der Waals surface area (Å²) in [5.41, 5.74) is 0. The molecule has 0 aliphatic heterocycles. The van der Waals surface area contributed by atoms with Crippen molar-refractivity contribution in [3.8, 4) is 0 Å². The summed E-state index contributed by atoms with van der Waals surface area (Å²) in [4.78, 5) is 22.4. The molecule has 8 heteroatoms. The molecule has 0 saturated heterocycles. The second kappa shape index (κ2) is 8.09. The number of unbranched alkanes of at least 4 members (excludes halogenated alkanes) is 1. The number of nitrogens with one attached hydrogen (secondary N) is 2. The molecule has 5 nitrogen and oxygen atoms in total. The molecule has 0 bridgehead atoms. The first-order valence-corrected chi connectivity index (χ1v) is 7.12. The first-order chi connectivity index (χ1) is 9.78. The number of carboxylic acids is 1. The molecule has 0 aromatic carbocycles. The van der Waals surface area contributed by atoms with E-state index < -0.39 is 30.5 Å². The minimum absolute atomic E-state index is 0.0195. The molecule has 0 heterocycles. The number of amides is 2. The van der Waals surface area contributed by atoms with E-state index in [2.05, 4.69) is 10.6 Å². The average molecular weight is 310 g/mol. The van der Waals surface area contributed by atoms with Crippen molar-refractivity contribution in [2.24, 2.45) is 5.92 Å². The Morgan fingerprint density at radius 3 is 2.52 bits per heavy atom. The second-order valence-corrected chi connectivity index (χ2v) is 5.37. The van der Waals surface area contributed by atoms with Gasteiger partial charge in [0.05, 0.1) is 5.92 Å². The maximum atomic E-state index is 11.9. The van der Waals surface area contributed by atoms with Crippen molar-refractivity contribution < 1.29 is 27.9 Å². The number of carbonyl (C=O) groups is 2. The van der Waals surface area contributed by atoms with Crippen molar-refractivity contribution in [1.29, 1.82) is 0 Å². The zero-order valence-electron chi connectivity index (χ0n) is 11.7. The van der Waals surface area contributed by atoms with Crippen LogP contribution in [0.2, 0.25) is 0 Å². The van der Waals surface area contributed by atoms with Crippen molar-refractivity contribution in [2.75, 3.05) is 6.54 Å². The molecule has 0 aromatic rings. The maximum Gasteiger partial charge on any atom is 0.389 e. The summed E-state index contributed by atoms with van der Waals surface area (Å²) in [5, 5.41) is 14.1. The van der Waals surface area contributed by atoms with E-state index in [1.165, 1.54) is 0 Å². The molecule has 1 rings (SSSR count). The molecule has 1 aliphatic carbocycles. The number of hydrogen-bond acceptors (Lipinski definition) is 2. The Balaban J connectivity index is 2.14. The zero-order chi connectivity index (χ0) is 15.9. The average Bonchev–Trinajstić information content (AvgIpc) is 2.37. The quantitative estimate of drug-likeness (QED) is 0.660. The molecule has 0 radical (unpaired) electrons. The van der Waals surface area contributed by atoms with E-state index in [4.69, 9.17) is 5.11 Å². The Morgan fingerprint density at radius 1 is 1.19 bits per heavy atom. The monoisotopic (exact) mass is 310 g/mol. The number of urea groups is 1. The number of carbonyl (C=O) groups excluding carboxylic acids is 1. The van der Waals surface area contributed by atoms with E-state index in [0.717, 1.165) is 12.8 Å². The van der Waals surface area contributed by atoms with Gasteiger partial charge in [-0.2, -0.15) is 13.2 Å². The lowest BCUT2D eigenvalue weighted by atomic mass is 9.86. The molecule has 2 amide bonds. The predicted octanol–water partition coefficient (Wildman–Crippen LogP) is 2.66. The number of rotatable bonds is 6. The highest BCUT2D eigenvalue weighted by Crippen LogP contribution is 2.24. The Labute approximate surface area is 121 Å². The Hall–Kier alpha value is -1.47. The summed E-state index contributed by atoms with van der Waals surface area (Å²) in [6.07, 6.45) is -2.28. The van der Waals surface area contributed by atoms with Gasteiger partial charge in [0.1, 0.15) is 0 Å². The molecule has 0 spiro atoms. The molecule has 21 heavy (non-hydrogen) atoms. The Bertz CT molecular complexity index is 361. The summed E-state index contributed by atoms with van der Waals surface area (Å²) in [7, 11) is 0. The smallest absolute Gasteiger partial charge is 0.389 e. The van der Waals surface area contributed by atoms with Crippen molar-refractivity contribution >= 4 is 12.0 Å². The van der Waals surface area contributed by atoms with Crippen LogP contribution in [0.3, 0.4) is 0 Å². The lowest BCUT2D eigenvalue weighted by Crippen LogP contribution is -2.45. The maximum absolute atomic E-state index is 11.9. The van der Waals surface area contributed by atoms with Crippen molar-refractivity contribution in [2.45, 2.75) is 57.2 Å². The number of halogens is 3. The summed E-state index contributed by atoms with van der Waals surface area (Å²) in [6, 6.07) is -0.631. The molecule has 122 valence electrons. The van der Waals surface area contributed by atoms with Gasteiger partial charge in [-0.1, -0.05) is 6.42 Å². The van der Waals surface area contributed by atoms with Crippen LogP contribution in [0.25, 0.3) is 0 Å². The third-order valence-electron chi connectivity index (χ3n) is 3.53. The van der Waals surface area contributed by atoms with Crippen molar-refractivity contribution in [3.63, 3.8) is 0 Å². The summed E-state index contributed by atoms with van der Waals surface area (Å²) < 4.78 is 35.7. The van der Waals surface area contributed by atoms with E-state index in [1.807, 2.05) is 0 Å². The van der Waals surface area contributed by atoms with Gasteiger partial charge in [0.25, 0.3) is 0 Å². The molecule has 1 saturated carbocycles. The molecular formula is C13H21F3N2O3. The zero-order valence-corrected chi connectivity index (χ0v) is 11.7. The standard InChI is InChI=1S/C13H21F3N2O3/c14-13(15,16)6-1-2-7-17-12(21)18-10-5-3-4-9(8-10)11(19)20/h9-10H,1-8H2,(H,19,20)(H2,17,18,21). The first kappa shape index (κ1) is 17.6. The summed E-state index contributed by atoms with van der Waals surface area (Å²) in [5.74, 6) is -1.29. The Morgan fingerprint density at radius 2 is 1.90 bits per heavy atom. The second-order valence-electron chi connectivity index (χ2n) is 5.37. The highest BCUT2D eigenvalue weighted by atomic mass is 19.4. The predicted molar refractivity (Wildman–Crippen MR) is 69.8 cm³/mol. The van der Waals surface area contributed by atoms with Crippen LogP contribution in [-0.2, 0) is 4.79 Å². The van der Waals surface area contributed by atoms with Crippen LogP contribution in [0.1, 0.15) is 44.9 Å². The van der Waals surface area contributed by atoms with E-state index in [-0.39, 0.29) is 25.4 Å². The fourth-order valence-electron chi connectivity index (χ4n) is 2.43. The topological polar surface area (TPSA) is 78.4 Å². The van der Waals surface area contributed by atoms with Crippen LogP contribution in [-0.4, -0.2) is 35.9 Å². The molecule has 2 atom stereocenters. The van der Waals surface area contributed by atoms with Crippen LogP contribution < -0.4 is 10.6 Å². The van der Waals surface area contributed by atoms with Gasteiger partial charge in [-0.3, -0.25) is 4.79 Å².